The van der Waals surface area contributed by atoms with Crippen molar-refractivity contribution in [3.8, 4) is 0 Å². The number of H-pyrrole nitrogens is 2. The molecular weight excluding hydrogens is 352 g/mol. The summed E-state index contributed by atoms with van der Waals surface area (Å²) >= 11 is 0. The monoisotopic (exact) mass is 374 g/mol. The van der Waals surface area contributed by atoms with E-state index in [0.717, 1.165) is 38.8 Å². The first-order valence-corrected chi connectivity index (χ1v) is 9.28. The van der Waals surface area contributed by atoms with Crippen molar-refractivity contribution in [2.24, 2.45) is 0 Å². The van der Waals surface area contributed by atoms with Gasteiger partial charge in [-0.3, -0.25) is 4.79 Å². The van der Waals surface area contributed by atoms with Crippen molar-refractivity contribution < 1.29 is 14.3 Å². The molecule has 4 rings (SSSR count). The molecule has 1 atom stereocenters. The molecule has 2 aromatic carbocycles. The number of nitrogens with one attached hydrogen (secondary N) is 2. The Bertz CT molecular complexity index is 1230. The number of carbonyl (C=O) groups is 2. The highest BCUT2D eigenvalue weighted by Crippen LogP contribution is 2.25. The maximum absolute atomic E-state index is 13.0. The molecule has 2 N–H and O–H groups in total. The maximum Gasteiger partial charge on any atom is 0.338 e. The van der Waals surface area contributed by atoms with Crippen LogP contribution in [0.3, 0.4) is 0 Å². The zero-order valence-corrected chi connectivity index (χ0v) is 16.3. The number of hydrogen-bond donors (Lipinski definition) is 2. The third-order valence-electron chi connectivity index (χ3n) is 5.34. The number of para-hydroxylation sites is 1. The van der Waals surface area contributed by atoms with Crippen molar-refractivity contribution in [1.82, 2.24) is 9.97 Å². The summed E-state index contributed by atoms with van der Waals surface area (Å²) in [5, 5.41) is 1.83. The number of fused-ring (bicyclic) bond motifs is 2. The molecule has 28 heavy (non-hydrogen) atoms. The molecule has 0 spiro atoms. The fourth-order valence-electron chi connectivity index (χ4n) is 3.67. The second-order valence-electron chi connectivity index (χ2n) is 7.22. The molecule has 0 saturated heterocycles. The van der Waals surface area contributed by atoms with Crippen LogP contribution < -0.4 is 0 Å². The molecule has 2 aromatic heterocycles. The van der Waals surface area contributed by atoms with E-state index in [1.54, 1.807) is 13.0 Å². The topological polar surface area (TPSA) is 75.0 Å². The lowest BCUT2D eigenvalue weighted by Gasteiger charge is -2.13. The van der Waals surface area contributed by atoms with Gasteiger partial charge in [0.2, 0.25) is 5.78 Å². The molecule has 4 aromatic rings. The fraction of sp³-hybridized carbons (Fsp3) is 0.217. The third kappa shape index (κ3) is 2.89. The maximum atomic E-state index is 13.0. The minimum atomic E-state index is -0.879. The number of ether oxygens (including phenoxy) is 1. The molecule has 142 valence electrons. The molecule has 1 unspecified atom stereocenters. The van der Waals surface area contributed by atoms with Crippen LogP contribution >= 0.6 is 0 Å². The van der Waals surface area contributed by atoms with Crippen LogP contribution in [-0.4, -0.2) is 27.8 Å². The first-order valence-electron chi connectivity index (χ1n) is 9.28. The first kappa shape index (κ1) is 18.0. The lowest BCUT2D eigenvalue weighted by atomic mass is 10.0. The summed E-state index contributed by atoms with van der Waals surface area (Å²) in [6.07, 6.45) is -0.879. The van der Waals surface area contributed by atoms with Gasteiger partial charge in [-0.2, -0.15) is 0 Å². The van der Waals surface area contributed by atoms with E-state index in [-0.39, 0.29) is 5.78 Å². The zero-order valence-electron chi connectivity index (χ0n) is 16.3. The summed E-state index contributed by atoms with van der Waals surface area (Å²) in [5.74, 6) is -0.712. The molecule has 0 aliphatic heterocycles. The average Bonchev–Trinajstić information content (AvgIpc) is 3.16. The number of aryl methyl sites for hydroxylation is 3. The van der Waals surface area contributed by atoms with E-state index in [2.05, 4.69) is 9.97 Å². The lowest BCUT2D eigenvalue weighted by molar-refractivity contribution is 0.0319. The second kappa shape index (κ2) is 6.68. The Balaban J connectivity index is 1.60. The smallest absolute Gasteiger partial charge is 0.338 e. The van der Waals surface area contributed by atoms with Gasteiger partial charge < -0.3 is 14.7 Å². The van der Waals surface area contributed by atoms with Gasteiger partial charge in [0.25, 0.3) is 0 Å². The standard InChI is InChI=1S/C23H22N2O3/c1-12-13(2)24-20-10-9-16(11-18(12)20)23(27)28-15(4)22(26)21-14(3)25-19-8-6-5-7-17(19)21/h5-11,15,24-25H,1-4H3. The Morgan fingerprint density at radius 3 is 2.36 bits per heavy atom. The Labute approximate surface area is 162 Å². The lowest BCUT2D eigenvalue weighted by Crippen LogP contribution is -2.24. The number of aromatic nitrogens is 2. The highest BCUT2D eigenvalue weighted by Gasteiger charge is 2.25. The molecule has 0 radical (unpaired) electrons. The summed E-state index contributed by atoms with van der Waals surface area (Å²) < 4.78 is 5.51. The first-order chi connectivity index (χ1) is 13.4. The van der Waals surface area contributed by atoms with Crippen LogP contribution in [0.4, 0.5) is 0 Å². The van der Waals surface area contributed by atoms with Gasteiger partial charge in [-0.05, 0) is 57.5 Å². The highest BCUT2D eigenvalue weighted by molar-refractivity contribution is 6.11. The summed E-state index contributed by atoms with van der Waals surface area (Å²) in [6.45, 7) is 7.48. The highest BCUT2D eigenvalue weighted by atomic mass is 16.5. The quantitative estimate of drug-likeness (QED) is 0.390. The van der Waals surface area contributed by atoms with Crippen molar-refractivity contribution in [2.45, 2.75) is 33.8 Å². The molecule has 0 fully saturated rings. The Morgan fingerprint density at radius 1 is 0.893 bits per heavy atom. The minimum absolute atomic E-state index is 0.210. The number of Topliss-reactive ketones (excluding diaryl/α,β-unsaturated/α-hetero) is 1. The van der Waals surface area contributed by atoms with Crippen LogP contribution in [-0.2, 0) is 4.74 Å². The zero-order chi connectivity index (χ0) is 20.0. The van der Waals surface area contributed by atoms with Crippen LogP contribution in [0.1, 0.15) is 44.6 Å². The normalized spacial score (nSPS) is 12.4. The van der Waals surface area contributed by atoms with Crippen LogP contribution in [0.2, 0.25) is 0 Å². The van der Waals surface area contributed by atoms with Crippen LogP contribution in [0.5, 0.6) is 0 Å². The van der Waals surface area contributed by atoms with Crippen molar-refractivity contribution in [3.63, 3.8) is 0 Å². The van der Waals surface area contributed by atoms with E-state index < -0.39 is 12.1 Å². The van der Waals surface area contributed by atoms with E-state index in [9.17, 15) is 9.59 Å². The van der Waals surface area contributed by atoms with Crippen LogP contribution in [0.25, 0.3) is 21.8 Å². The number of carbonyl (C=O) groups excluding carboxylic acids is 2. The number of rotatable bonds is 4. The summed E-state index contributed by atoms with van der Waals surface area (Å²) in [4.78, 5) is 32.1. The van der Waals surface area contributed by atoms with E-state index in [4.69, 9.17) is 4.74 Å². The summed E-state index contributed by atoms with van der Waals surface area (Å²) in [7, 11) is 0. The van der Waals surface area contributed by atoms with Gasteiger partial charge in [0.05, 0.1) is 5.56 Å². The SMILES string of the molecule is Cc1[nH]c2ccc(C(=O)OC(C)C(=O)c3c(C)[nH]c4ccccc34)cc2c1C. The van der Waals surface area contributed by atoms with Gasteiger partial charge in [-0.15, -0.1) is 0 Å². The second-order valence-corrected chi connectivity index (χ2v) is 7.22. The van der Waals surface area contributed by atoms with Gasteiger partial charge in [0, 0.05) is 38.8 Å². The Hall–Kier alpha value is -3.34. The molecule has 0 aliphatic rings. The van der Waals surface area contributed by atoms with Crippen molar-refractivity contribution >= 4 is 33.6 Å². The molecule has 0 amide bonds. The number of benzene rings is 2. The average molecular weight is 374 g/mol. The van der Waals surface area contributed by atoms with Gasteiger partial charge in [0.15, 0.2) is 6.10 Å². The number of esters is 1. The molecule has 2 heterocycles. The molecule has 5 nitrogen and oxygen atoms in total. The number of hydrogen-bond acceptors (Lipinski definition) is 3. The van der Waals surface area contributed by atoms with E-state index >= 15 is 0 Å². The predicted molar refractivity (Wildman–Crippen MR) is 110 cm³/mol. The Morgan fingerprint density at radius 2 is 1.57 bits per heavy atom. The fourth-order valence-corrected chi connectivity index (χ4v) is 3.67. The van der Waals surface area contributed by atoms with Crippen molar-refractivity contribution in [1.29, 1.82) is 0 Å². The van der Waals surface area contributed by atoms with E-state index in [1.807, 2.05) is 57.2 Å². The van der Waals surface area contributed by atoms with Gasteiger partial charge >= 0.3 is 5.97 Å². The largest absolute Gasteiger partial charge is 0.451 e. The predicted octanol–water partition coefficient (Wildman–Crippen LogP) is 5.00. The van der Waals surface area contributed by atoms with Crippen molar-refractivity contribution in [3.05, 3.63) is 70.5 Å². The molecule has 0 bridgehead atoms. The van der Waals surface area contributed by atoms with Gasteiger partial charge in [-0.1, -0.05) is 18.2 Å². The molecular formula is C23H22N2O3. The van der Waals surface area contributed by atoms with E-state index in [1.165, 1.54) is 0 Å². The molecule has 5 heteroatoms. The molecule has 0 saturated carbocycles. The number of ketones is 1. The number of aromatic amines is 2. The van der Waals surface area contributed by atoms with Crippen LogP contribution in [0, 0.1) is 20.8 Å². The minimum Gasteiger partial charge on any atom is -0.451 e. The third-order valence-corrected chi connectivity index (χ3v) is 5.34. The summed E-state index contributed by atoms with van der Waals surface area (Å²) in [6, 6.07) is 13.0. The Kier molecular flexibility index (Phi) is 4.30. The van der Waals surface area contributed by atoms with Crippen molar-refractivity contribution in [2.75, 3.05) is 0 Å². The van der Waals surface area contributed by atoms with Gasteiger partial charge in [0.1, 0.15) is 0 Å². The van der Waals surface area contributed by atoms with E-state index in [0.29, 0.717) is 11.1 Å². The van der Waals surface area contributed by atoms with Crippen LogP contribution in [0.15, 0.2) is 42.5 Å². The van der Waals surface area contributed by atoms with Gasteiger partial charge in [-0.25, -0.2) is 4.79 Å². The molecule has 0 aliphatic carbocycles. The summed E-state index contributed by atoms with van der Waals surface area (Å²) in [5.41, 5.74) is 5.82.